The molecule has 0 saturated carbocycles. The summed E-state index contributed by atoms with van der Waals surface area (Å²) in [4.78, 5) is 0. The molecule has 0 N–H and O–H groups in total. The Morgan fingerprint density at radius 1 is 0.500 bits per heavy atom. The molecule has 0 saturated heterocycles. The normalized spacial score (nSPS) is 10.8. The highest BCUT2D eigenvalue weighted by Crippen LogP contribution is 2.29. The SMILES string of the molecule is C[n+]1ccc(C[n+]2c(-c3ccccc3)cc(-c3ccccc3)cc2-c2ccccc2)cc1. The Morgan fingerprint density at radius 2 is 0.938 bits per heavy atom. The van der Waals surface area contributed by atoms with Gasteiger partial charge in [0.25, 0.3) is 0 Å². The summed E-state index contributed by atoms with van der Waals surface area (Å²) >= 11 is 0. The van der Waals surface area contributed by atoms with Crippen molar-refractivity contribution in [3.05, 3.63) is 133 Å². The fourth-order valence-electron chi connectivity index (χ4n) is 4.11. The van der Waals surface area contributed by atoms with Crippen LogP contribution in [0.15, 0.2) is 128 Å². The van der Waals surface area contributed by atoms with Crippen LogP contribution in [0.2, 0.25) is 0 Å². The van der Waals surface area contributed by atoms with E-state index in [2.05, 4.69) is 144 Å². The predicted molar refractivity (Wildman–Crippen MR) is 130 cm³/mol. The van der Waals surface area contributed by atoms with Crippen LogP contribution in [-0.2, 0) is 13.6 Å². The van der Waals surface area contributed by atoms with E-state index < -0.39 is 0 Å². The van der Waals surface area contributed by atoms with Gasteiger partial charge >= 0.3 is 0 Å². The average molecular weight is 415 g/mol. The smallest absolute Gasteiger partial charge is 0.208 e. The molecule has 154 valence electrons. The largest absolute Gasteiger partial charge is 0.213 e. The lowest BCUT2D eigenvalue weighted by molar-refractivity contribution is -0.674. The van der Waals surface area contributed by atoms with Crippen LogP contribution in [0.5, 0.6) is 0 Å². The first-order valence-corrected chi connectivity index (χ1v) is 11.0. The summed E-state index contributed by atoms with van der Waals surface area (Å²) in [5.74, 6) is 0. The fraction of sp³-hybridized carbons (Fsp3) is 0.0667. The van der Waals surface area contributed by atoms with E-state index in [9.17, 15) is 0 Å². The Morgan fingerprint density at radius 3 is 1.41 bits per heavy atom. The van der Waals surface area contributed by atoms with Gasteiger partial charge in [0.05, 0.1) is 0 Å². The van der Waals surface area contributed by atoms with Gasteiger partial charge in [0.15, 0.2) is 18.9 Å². The maximum Gasteiger partial charge on any atom is 0.213 e. The lowest BCUT2D eigenvalue weighted by Gasteiger charge is -2.13. The summed E-state index contributed by atoms with van der Waals surface area (Å²) in [6.07, 6.45) is 4.22. The highest BCUT2D eigenvalue weighted by molar-refractivity contribution is 5.73. The highest BCUT2D eigenvalue weighted by atomic mass is 15.0. The van der Waals surface area contributed by atoms with E-state index in [-0.39, 0.29) is 0 Å². The minimum absolute atomic E-state index is 0.796. The second kappa shape index (κ2) is 8.99. The molecule has 2 heteroatoms. The number of nitrogens with zero attached hydrogens (tertiary/aromatic N) is 2. The van der Waals surface area contributed by atoms with Crippen molar-refractivity contribution in [2.75, 3.05) is 0 Å². The van der Waals surface area contributed by atoms with Crippen molar-refractivity contribution < 1.29 is 9.13 Å². The summed E-state index contributed by atoms with van der Waals surface area (Å²) < 4.78 is 4.51. The third-order valence-corrected chi connectivity index (χ3v) is 5.80. The average Bonchev–Trinajstić information content (AvgIpc) is 2.87. The maximum atomic E-state index is 2.44. The summed E-state index contributed by atoms with van der Waals surface area (Å²) in [6, 6.07) is 41.0. The number of pyridine rings is 2. The summed E-state index contributed by atoms with van der Waals surface area (Å²) in [5, 5.41) is 0. The van der Waals surface area contributed by atoms with Crippen LogP contribution in [0.25, 0.3) is 33.6 Å². The molecule has 0 spiro atoms. The molecule has 0 fully saturated rings. The van der Waals surface area contributed by atoms with E-state index in [1.165, 1.54) is 39.2 Å². The molecule has 0 amide bonds. The van der Waals surface area contributed by atoms with Crippen molar-refractivity contribution in [3.8, 4) is 33.6 Å². The second-order valence-electron chi connectivity index (χ2n) is 8.07. The standard InChI is InChI=1S/C30H26N2/c1-31-19-17-24(18-20-31)23-32-29(26-13-7-3-8-14-26)21-28(25-11-5-2-6-12-25)22-30(32)27-15-9-4-10-16-27/h2-22H,23H2,1H3/q+2. The summed E-state index contributed by atoms with van der Waals surface area (Å²) in [7, 11) is 2.05. The Kier molecular flexibility index (Phi) is 5.59. The van der Waals surface area contributed by atoms with Gasteiger partial charge in [-0.1, -0.05) is 66.7 Å². The molecule has 0 aliphatic heterocycles. The Labute approximate surface area is 189 Å². The topological polar surface area (TPSA) is 7.76 Å². The molecule has 0 aliphatic rings. The minimum atomic E-state index is 0.796. The van der Waals surface area contributed by atoms with Crippen molar-refractivity contribution in [3.63, 3.8) is 0 Å². The summed E-state index contributed by atoms with van der Waals surface area (Å²) in [6.45, 7) is 0.796. The molecule has 2 nitrogen and oxygen atoms in total. The number of aryl methyl sites for hydroxylation is 1. The van der Waals surface area contributed by atoms with Gasteiger partial charge in [0.2, 0.25) is 11.4 Å². The van der Waals surface area contributed by atoms with Gasteiger partial charge in [-0.25, -0.2) is 4.57 Å². The maximum absolute atomic E-state index is 2.44. The lowest BCUT2D eigenvalue weighted by atomic mass is 9.98. The molecular formula is C30H26N2+2. The molecule has 3 aromatic carbocycles. The van der Waals surface area contributed by atoms with E-state index in [1.807, 2.05) is 0 Å². The van der Waals surface area contributed by atoms with Crippen LogP contribution in [-0.4, -0.2) is 0 Å². The van der Waals surface area contributed by atoms with E-state index in [0.717, 1.165) is 6.54 Å². The fourth-order valence-corrected chi connectivity index (χ4v) is 4.11. The van der Waals surface area contributed by atoms with Crippen molar-refractivity contribution in [1.29, 1.82) is 0 Å². The van der Waals surface area contributed by atoms with Crippen molar-refractivity contribution in [1.82, 2.24) is 0 Å². The molecule has 2 aromatic heterocycles. The van der Waals surface area contributed by atoms with Crippen LogP contribution >= 0.6 is 0 Å². The van der Waals surface area contributed by atoms with Gasteiger partial charge < -0.3 is 0 Å². The Hall–Kier alpha value is -4.04. The van der Waals surface area contributed by atoms with Crippen LogP contribution in [0.4, 0.5) is 0 Å². The third kappa shape index (κ3) is 4.21. The molecule has 32 heavy (non-hydrogen) atoms. The van der Waals surface area contributed by atoms with E-state index in [1.54, 1.807) is 0 Å². The molecule has 5 rings (SSSR count). The van der Waals surface area contributed by atoms with Crippen LogP contribution in [0.3, 0.4) is 0 Å². The molecule has 0 aliphatic carbocycles. The lowest BCUT2D eigenvalue weighted by Crippen LogP contribution is -2.40. The van der Waals surface area contributed by atoms with Crippen LogP contribution < -0.4 is 9.13 Å². The van der Waals surface area contributed by atoms with Crippen LogP contribution in [0, 0.1) is 0 Å². The molecule has 0 bridgehead atoms. The number of rotatable bonds is 5. The van der Waals surface area contributed by atoms with Gasteiger partial charge in [0.1, 0.15) is 7.05 Å². The number of benzene rings is 3. The highest BCUT2D eigenvalue weighted by Gasteiger charge is 2.23. The second-order valence-corrected chi connectivity index (χ2v) is 8.07. The molecular weight excluding hydrogens is 388 g/mol. The summed E-state index contributed by atoms with van der Waals surface area (Å²) in [5.41, 5.74) is 8.56. The molecule has 5 aromatic rings. The molecule has 2 heterocycles. The zero-order valence-electron chi connectivity index (χ0n) is 18.2. The van der Waals surface area contributed by atoms with Crippen LogP contribution in [0.1, 0.15) is 5.56 Å². The minimum Gasteiger partial charge on any atom is -0.208 e. The number of aromatic nitrogens is 2. The van der Waals surface area contributed by atoms with Crippen molar-refractivity contribution >= 4 is 0 Å². The van der Waals surface area contributed by atoms with E-state index >= 15 is 0 Å². The van der Waals surface area contributed by atoms with Gasteiger partial charge in [-0.3, -0.25) is 0 Å². The monoisotopic (exact) mass is 414 g/mol. The van der Waals surface area contributed by atoms with E-state index in [0.29, 0.717) is 0 Å². The van der Waals surface area contributed by atoms with Gasteiger partial charge in [0, 0.05) is 41.0 Å². The Balaban J connectivity index is 1.78. The predicted octanol–water partition coefficient (Wildman–Crippen LogP) is 5.85. The molecule has 0 radical (unpaired) electrons. The van der Waals surface area contributed by atoms with Crippen molar-refractivity contribution in [2.24, 2.45) is 7.05 Å². The number of hydrogen-bond acceptors (Lipinski definition) is 0. The van der Waals surface area contributed by atoms with Gasteiger partial charge in [-0.05, 0) is 35.4 Å². The zero-order valence-corrected chi connectivity index (χ0v) is 18.2. The first-order valence-electron chi connectivity index (χ1n) is 11.0. The molecule has 0 atom stereocenters. The number of hydrogen-bond donors (Lipinski definition) is 0. The first kappa shape index (κ1) is 19.9. The first-order chi connectivity index (χ1) is 15.8. The van der Waals surface area contributed by atoms with Gasteiger partial charge in [-0.2, -0.15) is 4.57 Å². The van der Waals surface area contributed by atoms with Crippen molar-refractivity contribution in [2.45, 2.75) is 6.54 Å². The molecule has 0 unspecified atom stereocenters. The van der Waals surface area contributed by atoms with Gasteiger partial charge in [-0.15, -0.1) is 0 Å². The quantitative estimate of drug-likeness (QED) is 0.319. The zero-order chi connectivity index (χ0) is 21.8. The third-order valence-electron chi connectivity index (χ3n) is 5.80. The Bertz CT molecular complexity index is 1250. The van der Waals surface area contributed by atoms with E-state index in [4.69, 9.17) is 0 Å².